The summed E-state index contributed by atoms with van der Waals surface area (Å²) in [7, 11) is 0. The van der Waals surface area contributed by atoms with Crippen molar-refractivity contribution in [2.75, 3.05) is 31.2 Å². The van der Waals surface area contributed by atoms with Crippen molar-refractivity contribution in [1.29, 1.82) is 10.7 Å². The number of ketones is 1. The standard InChI is InChI=1S/C26H30FN5O4/c1-4-7-10-32-18-11-16(8-9-20(18)36-26(32)30-15-28)19(33)14-31-13-17-12-21(34-5-2)24(35-6-3)23(27)22(17)25(31)29/h8-9,11-12,26,29-30H,4-7,10,13-14H2,1-3H3. The Kier molecular flexibility index (Phi) is 7.48. The first-order valence-electron chi connectivity index (χ1n) is 12.1. The van der Waals surface area contributed by atoms with Gasteiger partial charge in [-0.15, -0.1) is 0 Å². The molecule has 0 aromatic heterocycles. The van der Waals surface area contributed by atoms with Gasteiger partial charge in [0.1, 0.15) is 11.6 Å². The number of nitrogens with one attached hydrogen (secondary N) is 2. The first-order chi connectivity index (χ1) is 17.4. The number of hydrogen-bond donors (Lipinski definition) is 2. The predicted molar refractivity (Wildman–Crippen MR) is 132 cm³/mol. The first kappa shape index (κ1) is 25.1. The fourth-order valence-electron chi connectivity index (χ4n) is 4.48. The van der Waals surface area contributed by atoms with E-state index in [2.05, 4.69) is 12.2 Å². The molecule has 1 atom stereocenters. The number of rotatable bonds is 11. The van der Waals surface area contributed by atoms with E-state index in [0.29, 0.717) is 35.8 Å². The highest BCUT2D eigenvalue weighted by molar-refractivity contribution is 6.06. The van der Waals surface area contributed by atoms with Crippen LogP contribution in [0.25, 0.3) is 0 Å². The highest BCUT2D eigenvalue weighted by atomic mass is 19.1. The Morgan fingerprint density at radius 2 is 2.06 bits per heavy atom. The van der Waals surface area contributed by atoms with E-state index in [0.717, 1.165) is 18.5 Å². The van der Waals surface area contributed by atoms with Crippen LogP contribution in [0.4, 0.5) is 10.1 Å². The van der Waals surface area contributed by atoms with Gasteiger partial charge in [0.25, 0.3) is 6.35 Å². The average Bonchev–Trinajstić information content (AvgIpc) is 3.36. The van der Waals surface area contributed by atoms with E-state index in [1.54, 1.807) is 43.0 Å². The molecular formula is C26H30FN5O4. The van der Waals surface area contributed by atoms with Gasteiger partial charge in [0, 0.05) is 18.7 Å². The highest BCUT2D eigenvalue weighted by Crippen LogP contribution is 2.40. The summed E-state index contributed by atoms with van der Waals surface area (Å²) >= 11 is 0. The zero-order valence-electron chi connectivity index (χ0n) is 20.7. The van der Waals surface area contributed by atoms with Gasteiger partial charge in [-0.3, -0.25) is 15.5 Å². The molecule has 36 heavy (non-hydrogen) atoms. The molecule has 0 aliphatic carbocycles. The molecule has 0 fully saturated rings. The molecule has 0 radical (unpaired) electrons. The molecule has 0 saturated carbocycles. The predicted octanol–water partition coefficient (Wildman–Crippen LogP) is 4.00. The Balaban J connectivity index is 1.55. The Hall–Kier alpha value is -4.00. The molecule has 2 aliphatic rings. The molecule has 2 heterocycles. The molecular weight excluding hydrogens is 465 g/mol. The molecule has 0 amide bonds. The van der Waals surface area contributed by atoms with Crippen LogP contribution in [0, 0.1) is 22.7 Å². The number of carbonyl (C=O) groups is 1. The molecule has 1 unspecified atom stereocenters. The van der Waals surface area contributed by atoms with Crippen molar-refractivity contribution in [3.8, 4) is 23.4 Å². The second-order valence-corrected chi connectivity index (χ2v) is 8.50. The number of Topliss-reactive ketones (excluding diaryl/α,β-unsaturated/α-hetero) is 1. The van der Waals surface area contributed by atoms with Crippen molar-refractivity contribution < 1.29 is 23.4 Å². The summed E-state index contributed by atoms with van der Waals surface area (Å²) in [6.07, 6.45) is 3.16. The minimum absolute atomic E-state index is 0.0117. The van der Waals surface area contributed by atoms with Crippen molar-refractivity contribution in [2.24, 2.45) is 0 Å². The lowest BCUT2D eigenvalue weighted by molar-refractivity contribution is 0.0962. The minimum Gasteiger partial charge on any atom is -0.490 e. The molecule has 190 valence electrons. The molecule has 0 spiro atoms. The van der Waals surface area contributed by atoms with Gasteiger partial charge in [0.2, 0.25) is 0 Å². The van der Waals surface area contributed by atoms with Crippen LogP contribution in [0.5, 0.6) is 17.2 Å². The molecule has 2 N–H and O–H groups in total. The number of ether oxygens (including phenoxy) is 3. The summed E-state index contributed by atoms with van der Waals surface area (Å²) in [6, 6.07) is 6.82. The molecule has 9 nitrogen and oxygen atoms in total. The lowest BCUT2D eigenvalue weighted by Crippen LogP contribution is -2.44. The number of unbranched alkanes of at least 4 members (excludes halogenated alkanes) is 1. The summed E-state index contributed by atoms with van der Waals surface area (Å²) in [5.74, 6) is -0.0452. The first-order valence-corrected chi connectivity index (χ1v) is 12.1. The number of amidine groups is 1. The number of fused-ring (bicyclic) bond motifs is 2. The maximum Gasteiger partial charge on any atom is 0.259 e. The average molecular weight is 496 g/mol. The fourth-order valence-corrected chi connectivity index (χ4v) is 4.48. The van der Waals surface area contributed by atoms with Crippen LogP contribution < -0.4 is 24.4 Å². The van der Waals surface area contributed by atoms with Gasteiger partial charge in [-0.1, -0.05) is 13.3 Å². The maximum absolute atomic E-state index is 15.3. The van der Waals surface area contributed by atoms with Crippen LogP contribution in [0.1, 0.15) is 55.1 Å². The maximum atomic E-state index is 15.3. The van der Waals surface area contributed by atoms with Crippen LogP contribution in [0.2, 0.25) is 0 Å². The fraction of sp³-hybridized carbons (Fsp3) is 0.423. The quantitative estimate of drug-likeness (QED) is 0.273. The van der Waals surface area contributed by atoms with Gasteiger partial charge in [0.15, 0.2) is 29.3 Å². The number of benzene rings is 2. The van der Waals surface area contributed by atoms with E-state index in [1.807, 2.05) is 11.1 Å². The zero-order chi connectivity index (χ0) is 25.8. The Morgan fingerprint density at radius 1 is 1.28 bits per heavy atom. The van der Waals surface area contributed by atoms with E-state index in [-0.39, 0.29) is 42.6 Å². The van der Waals surface area contributed by atoms with Crippen LogP contribution in [0.3, 0.4) is 0 Å². The summed E-state index contributed by atoms with van der Waals surface area (Å²) < 4.78 is 32.2. The molecule has 4 rings (SSSR count). The smallest absolute Gasteiger partial charge is 0.259 e. The normalized spacial score (nSPS) is 15.8. The monoisotopic (exact) mass is 495 g/mol. The van der Waals surface area contributed by atoms with Gasteiger partial charge < -0.3 is 24.0 Å². The number of halogens is 1. The van der Waals surface area contributed by atoms with Crippen molar-refractivity contribution >= 4 is 17.3 Å². The minimum atomic E-state index is -0.643. The van der Waals surface area contributed by atoms with E-state index < -0.39 is 12.2 Å². The van der Waals surface area contributed by atoms with E-state index in [1.165, 1.54) is 0 Å². The van der Waals surface area contributed by atoms with Crippen LogP contribution in [-0.4, -0.2) is 49.2 Å². The third-order valence-electron chi connectivity index (χ3n) is 6.16. The third kappa shape index (κ3) is 4.61. The van der Waals surface area contributed by atoms with Gasteiger partial charge in [-0.25, -0.2) is 4.39 Å². The van der Waals surface area contributed by atoms with E-state index in [4.69, 9.17) is 24.9 Å². The number of nitrogens with zero attached hydrogens (tertiary/aromatic N) is 3. The second-order valence-electron chi connectivity index (χ2n) is 8.50. The van der Waals surface area contributed by atoms with Crippen LogP contribution in [0.15, 0.2) is 24.3 Å². The number of hydrogen-bond acceptors (Lipinski definition) is 8. The molecule has 0 saturated heterocycles. The van der Waals surface area contributed by atoms with Gasteiger partial charge in [0.05, 0.1) is 31.0 Å². The second kappa shape index (κ2) is 10.7. The zero-order valence-corrected chi connectivity index (χ0v) is 20.7. The third-order valence-corrected chi connectivity index (χ3v) is 6.16. The molecule has 2 aromatic rings. The van der Waals surface area contributed by atoms with Gasteiger partial charge in [-0.2, -0.15) is 5.26 Å². The highest BCUT2D eigenvalue weighted by Gasteiger charge is 2.34. The van der Waals surface area contributed by atoms with Crippen molar-refractivity contribution in [2.45, 2.75) is 46.5 Å². The lowest BCUT2D eigenvalue weighted by atomic mass is 10.1. The summed E-state index contributed by atoms with van der Waals surface area (Å²) in [5, 5.41) is 20.3. The molecule has 2 aromatic carbocycles. The van der Waals surface area contributed by atoms with Crippen LogP contribution >= 0.6 is 0 Å². The van der Waals surface area contributed by atoms with Crippen molar-refractivity contribution in [3.63, 3.8) is 0 Å². The van der Waals surface area contributed by atoms with Crippen molar-refractivity contribution in [1.82, 2.24) is 10.2 Å². The summed E-state index contributed by atoms with van der Waals surface area (Å²) in [5.41, 5.74) is 1.89. The lowest BCUT2D eigenvalue weighted by Gasteiger charge is -2.23. The summed E-state index contributed by atoms with van der Waals surface area (Å²) in [4.78, 5) is 16.7. The molecule has 2 aliphatic heterocycles. The van der Waals surface area contributed by atoms with Crippen molar-refractivity contribution in [3.05, 3.63) is 46.8 Å². The van der Waals surface area contributed by atoms with E-state index >= 15 is 4.39 Å². The topological polar surface area (TPSA) is 111 Å². The van der Waals surface area contributed by atoms with Crippen LogP contribution in [-0.2, 0) is 6.54 Å². The van der Waals surface area contributed by atoms with Gasteiger partial charge >= 0.3 is 0 Å². The SMILES string of the molecule is CCCCN1c2cc(C(=O)CN3Cc4cc(OCC)c(OCC)c(F)c4C3=N)ccc2OC1NC#N. The summed E-state index contributed by atoms with van der Waals surface area (Å²) in [6.45, 7) is 7.03. The molecule has 0 bridgehead atoms. The number of carbonyl (C=O) groups excluding carboxylic acids is 1. The Labute approximate surface area is 209 Å². The number of anilines is 1. The largest absolute Gasteiger partial charge is 0.490 e. The van der Waals surface area contributed by atoms with Gasteiger partial charge in [-0.05, 0) is 50.1 Å². The van der Waals surface area contributed by atoms with E-state index in [9.17, 15) is 4.79 Å². The molecule has 10 heteroatoms. The Morgan fingerprint density at radius 3 is 2.75 bits per heavy atom. The number of nitriles is 1. The Bertz CT molecular complexity index is 1210.